The van der Waals surface area contributed by atoms with E-state index in [4.69, 9.17) is 5.11 Å². The first-order valence-electron chi connectivity index (χ1n) is 4.98. The molecule has 4 nitrogen and oxygen atoms in total. The number of nitrogens with zero attached hydrogens (tertiary/aromatic N) is 2. The van der Waals surface area contributed by atoms with Gasteiger partial charge in [-0.15, -0.1) is 11.3 Å². The summed E-state index contributed by atoms with van der Waals surface area (Å²) in [5, 5.41) is 13.1. The Kier molecular flexibility index (Phi) is 2.78. The van der Waals surface area contributed by atoms with Gasteiger partial charge in [-0.1, -0.05) is 6.92 Å². The molecule has 16 heavy (non-hydrogen) atoms. The highest BCUT2D eigenvalue weighted by molar-refractivity contribution is 7.17. The number of hydrogen-bond donors (Lipinski definition) is 1. The average molecular weight is 236 g/mol. The highest BCUT2D eigenvalue weighted by Gasteiger charge is 2.14. The quantitative estimate of drug-likeness (QED) is 0.890. The molecule has 0 amide bonds. The van der Waals surface area contributed by atoms with Crippen LogP contribution in [0.15, 0.2) is 18.3 Å². The Morgan fingerprint density at radius 2 is 2.31 bits per heavy atom. The molecule has 0 aliphatic carbocycles. The Balaban J connectivity index is 2.49. The van der Waals surface area contributed by atoms with Crippen LogP contribution in [0.5, 0.6) is 0 Å². The summed E-state index contributed by atoms with van der Waals surface area (Å²) in [6, 6.07) is 3.47. The second-order valence-corrected chi connectivity index (χ2v) is 4.55. The third kappa shape index (κ3) is 1.74. The molecule has 0 aliphatic rings. The highest BCUT2D eigenvalue weighted by Crippen LogP contribution is 2.30. The Bertz CT molecular complexity index is 528. The number of hydrogen-bond acceptors (Lipinski definition) is 3. The van der Waals surface area contributed by atoms with Gasteiger partial charge in [-0.3, -0.25) is 4.68 Å². The van der Waals surface area contributed by atoms with Gasteiger partial charge in [0.25, 0.3) is 0 Å². The maximum atomic E-state index is 10.8. The van der Waals surface area contributed by atoms with Crippen molar-refractivity contribution in [3.63, 3.8) is 0 Å². The molecule has 0 radical (unpaired) electrons. The molecule has 0 spiro atoms. The zero-order chi connectivity index (χ0) is 11.7. The molecule has 2 aromatic heterocycles. The summed E-state index contributed by atoms with van der Waals surface area (Å²) in [7, 11) is 1.87. The molecule has 0 fully saturated rings. The van der Waals surface area contributed by atoms with Crippen molar-refractivity contribution in [1.82, 2.24) is 9.78 Å². The van der Waals surface area contributed by atoms with Gasteiger partial charge in [0.2, 0.25) is 0 Å². The van der Waals surface area contributed by atoms with E-state index >= 15 is 0 Å². The predicted octanol–water partition coefficient (Wildman–Crippen LogP) is 2.41. The first-order valence-corrected chi connectivity index (χ1v) is 5.79. The van der Waals surface area contributed by atoms with Crippen molar-refractivity contribution in [2.45, 2.75) is 13.3 Å². The van der Waals surface area contributed by atoms with E-state index in [9.17, 15) is 4.79 Å². The predicted molar refractivity (Wildman–Crippen MR) is 62.9 cm³/mol. The van der Waals surface area contributed by atoms with Crippen LogP contribution >= 0.6 is 11.3 Å². The molecule has 0 saturated heterocycles. The number of thiophene rings is 1. The van der Waals surface area contributed by atoms with Crippen LogP contribution in [0.4, 0.5) is 0 Å². The number of carboxylic acids is 1. The monoisotopic (exact) mass is 236 g/mol. The van der Waals surface area contributed by atoms with E-state index < -0.39 is 5.97 Å². The second-order valence-electron chi connectivity index (χ2n) is 3.46. The first-order chi connectivity index (χ1) is 7.63. The van der Waals surface area contributed by atoms with Crippen molar-refractivity contribution in [3.05, 3.63) is 28.8 Å². The van der Waals surface area contributed by atoms with E-state index in [-0.39, 0.29) is 0 Å². The molecule has 0 bridgehead atoms. The van der Waals surface area contributed by atoms with E-state index in [1.807, 2.05) is 19.3 Å². The van der Waals surface area contributed by atoms with Crippen molar-refractivity contribution >= 4 is 17.3 Å². The van der Waals surface area contributed by atoms with Crippen LogP contribution in [0, 0.1) is 0 Å². The van der Waals surface area contributed by atoms with Crippen LogP contribution in [0.25, 0.3) is 10.6 Å². The summed E-state index contributed by atoms with van der Waals surface area (Å²) >= 11 is 1.28. The van der Waals surface area contributed by atoms with Gasteiger partial charge in [0.15, 0.2) is 0 Å². The average Bonchev–Trinajstić information content (AvgIpc) is 2.83. The van der Waals surface area contributed by atoms with E-state index in [2.05, 4.69) is 12.0 Å². The summed E-state index contributed by atoms with van der Waals surface area (Å²) in [5.74, 6) is -0.878. The van der Waals surface area contributed by atoms with Crippen LogP contribution in [0.3, 0.4) is 0 Å². The van der Waals surface area contributed by atoms with Crippen molar-refractivity contribution in [3.8, 4) is 10.6 Å². The fourth-order valence-corrected chi connectivity index (χ4v) is 2.60. The zero-order valence-electron chi connectivity index (χ0n) is 9.10. The van der Waals surface area contributed by atoms with Crippen LogP contribution in [-0.2, 0) is 13.5 Å². The molecule has 0 saturated carbocycles. The number of aromatic carboxylic acids is 1. The Labute approximate surface area is 97.2 Å². The van der Waals surface area contributed by atoms with E-state index in [0.717, 1.165) is 22.6 Å². The van der Waals surface area contributed by atoms with Crippen molar-refractivity contribution in [1.29, 1.82) is 0 Å². The summed E-state index contributed by atoms with van der Waals surface area (Å²) in [5.41, 5.74) is 2.15. The molecule has 2 heterocycles. The smallest absolute Gasteiger partial charge is 0.345 e. The molecular weight excluding hydrogens is 224 g/mol. The minimum atomic E-state index is -0.878. The van der Waals surface area contributed by atoms with E-state index in [1.54, 1.807) is 10.7 Å². The topological polar surface area (TPSA) is 55.1 Å². The molecule has 2 aromatic rings. The Hall–Kier alpha value is -1.62. The summed E-state index contributed by atoms with van der Waals surface area (Å²) in [6.07, 6.45) is 2.72. The van der Waals surface area contributed by atoms with Crippen molar-refractivity contribution < 1.29 is 9.90 Å². The van der Waals surface area contributed by atoms with Gasteiger partial charge in [0.05, 0.1) is 16.8 Å². The zero-order valence-corrected chi connectivity index (χ0v) is 9.91. The minimum Gasteiger partial charge on any atom is -0.477 e. The molecule has 84 valence electrons. The normalized spacial score (nSPS) is 10.6. The van der Waals surface area contributed by atoms with Gasteiger partial charge in [-0.05, 0) is 24.1 Å². The lowest BCUT2D eigenvalue weighted by molar-refractivity contribution is 0.0702. The molecule has 0 atom stereocenters. The fraction of sp³-hybridized carbons (Fsp3) is 0.273. The van der Waals surface area contributed by atoms with Gasteiger partial charge in [-0.2, -0.15) is 5.10 Å². The lowest BCUT2D eigenvalue weighted by atomic mass is 10.2. The SMILES string of the molecule is CCc1cnn(C)c1-c1ccc(C(=O)O)s1. The van der Waals surface area contributed by atoms with Gasteiger partial charge in [-0.25, -0.2) is 4.79 Å². The van der Waals surface area contributed by atoms with E-state index in [0.29, 0.717) is 4.88 Å². The van der Waals surface area contributed by atoms with Crippen molar-refractivity contribution in [2.24, 2.45) is 7.05 Å². The largest absolute Gasteiger partial charge is 0.477 e. The minimum absolute atomic E-state index is 0.359. The molecule has 0 unspecified atom stereocenters. The van der Waals surface area contributed by atoms with Gasteiger partial charge in [0.1, 0.15) is 4.88 Å². The lowest BCUT2D eigenvalue weighted by Gasteiger charge is -2.01. The number of aromatic nitrogens is 2. The molecule has 0 aliphatic heterocycles. The van der Waals surface area contributed by atoms with Crippen LogP contribution < -0.4 is 0 Å². The third-order valence-corrected chi connectivity index (χ3v) is 3.53. The highest BCUT2D eigenvalue weighted by atomic mass is 32.1. The van der Waals surface area contributed by atoms with Crippen LogP contribution in [0.2, 0.25) is 0 Å². The molecule has 5 heteroatoms. The van der Waals surface area contributed by atoms with Gasteiger partial charge >= 0.3 is 5.97 Å². The van der Waals surface area contributed by atoms with E-state index in [1.165, 1.54) is 11.3 Å². The molecule has 0 aromatic carbocycles. The number of aryl methyl sites for hydroxylation is 2. The molecule has 2 rings (SSSR count). The standard InChI is InChI=1S/C11H12N2O2S/c1-3-7-6-12-13(2)10(7)8-4-5-9(16-8)11(14)15/h4-6H,3H2,1-2H3,(H,14,15). The summed E-state index contributed by atoms with van der Waals surface area (Å²) in [6.45, 7) is 2.06. The number of rotatable bonds is 3. The van der Waals surface area contributed by atoms with Crippen LogP contribution in [0.1, 0.15) is 22.2 Å². The summed E-state index contributed by atoms with van der Waals surface area (Å²) in [4.78, 5) is 12.1. The molecule has 1 N–H and O–H groups in total. The van der Waals surface area contributed by atoms with Crippen LogP contribution in [-0.4, -0.2) is 20.9 Å². The number of carbonyl (C=O) groups is 1. The summed E-state index contributed by atoms with van der Waals surface area (Å²) < 4.78 is 1.79. The second kappa shape index (κ2) is 4.09. The molecular formula is C11H12N2O2S. The first kappa shape index (κ1) is 10.9. The maximum absolute atomic E-state index is 10.8. The van der Waals surface area contributed by atoms with Gasteiger partial charge < -0.3 is 5.11 Å². The van der Waals surface area contributed by atoms with Gasteiger partial charge in [0, 0.05) is 7.05 Å². The Morgan fingerprint density at radius 1 is 1.56 bits per heavy atom. The number of carboxylic acid groups (broad SMARTS) is 1. The third-order valence-electron chi connectivity index (χ3n) is 2.45. The van der Waals surface area contributed by atoms with Crippen molar-refractivity contribution in [2.75, 3.05) is 0 Å². The fourth-order valence-electron chi connectivity index (χ4n) is 1.64. The Morgan fingerprint density at radius 3 is 2.88 bits per heavy atom. The maximum Gasteiger partial charge on any atom is 0.345 e. The lowest BCUT2D eigenvalue weighted by Crippen LogP contribution is -1.93.